The molecular weight excluding hydrogens is 333 g/mol. The Morgan fingerprint density at radius 3 is 2.67 bits per heavy atom. The minimum absolute atomic E-state index is 0.264. The molecule has 0 radical (unpaired) electrons. The highest BCUT2D eigenvalue weighted by atomic mass is 32.2. The molecule has 0 saturated heterocycles. The van der Waals surface area contributed by atoms with Crippen molar-refractivity contribution in [2.24, 2.45) is 0 Å². The van der Waals surface area contributed by atoms with Crippen LogP contribution in [0.5, 0.6) is 5.75 Å². The third-order valence-corrected chi connectivity index (χ3v) is 4.39. The Bertz CT molecular complexity index is 1060. The highest BCUT2D eigenvalue weighted by Crippen LogP contribution is 2.29. The van der Waals surface area contributed by atoms with Crippen LogP contribution in [0.4, 0.5) is 4.39 Å². The normalized spacial score (nSPS) is 14.9. The molecule has 6 nitrogen and oxygen atoms in total. The third kappa shape index (κ3) is 2.67. The van der Waals surface area contributed by atoms with E-state index in [1.165, 1.54) is 18.2 Å². The standard InChI is InChI=1S/C16H10FN3O3S/c17-13-3-1-11(2-4-13)15-10-20(19-18-15)14-5-6-16-12(9-14)7-8-24(21,22)23-16/h1-10H. The lowest BCUT2D eigenvalue weighted by Crippen LogP contribution is -2.09. The maximum Gasteiger partial charge on any atom is 0.332 e. The van der Waals surface area contributed by atoms with Crippen molar-refractivity contribution in [3.8, 4) is 22.7 Å². The topological polar surface area (TPSA) is 74.1 Å². The van der Waals surface area contributed by atoms with Crippen molar-refractivity contribution in [3.05, 3.63) is 65.5 Å². The fourth-order valence-electron chi connectivity index (χ4n) is 2.34. The van der Waals surface area contributed by atoms with Gasteiger partial charge >= 0.3 is 10.1 Å². The van der Waals surface area contributed by atoms with Crippen molar-refractivity contribution in [2.75, 3.05) is 0 Å². The van der Waals surface area contributed by atoms with Crippen LogP contribution in [0.3, 0.4) is 0 Å². The van der Waals surface area contributed by atoms with E-state index in [-0.39, 0.29) is 11.6 Å². The molecule has 1 aliphatic rings. The van der Waals surface area contributed by atoms with Gasteiger partial charge in [-0.15, -0.1) is 5.10 Å². The van der Waals surface area contributed by atoms with E-state index >= 15 is 0 Å². The van der Waals surface area contributed by atoms with E-state index in [0.717, 1.165) is 11.0 Å². The smallest absolute Gasteiger partial charge is 0.332 e. The summed E-state index contributed by atoms with van der Waals surface area (Å²) in [5.41, 5.74) is 2.67. The van der Waals surface area contributed by atoms with Gasteiger partial charge < -0.3 is 4.18 Å². The summed E-state index contributed by atoms with van der Waals surface area (Å²) in [6.45, 7) is 0. The summed E-state index contributed by atoms with van der Waals surface area (Å²) in [5, 5.41) is 9.13. The summed E-state index contributed by atoms with van der Waals surface area (Å²) >= 11 is 0. The predicted octanol–water partition coefficient (Wildman–Crippen LogP) is 2.77. The van der Waals surface area contributed by atoms with Gasteiger partial charge in [-0.3, -0.25) is 0 Å². The number of hydrogen-bond acceptors (Lipinski definition) is 5. The van der Waals surface area contributed by atoms with Gasteiger partial charge in [-0.05, 0) is 48.5 Å². The van der Waals surface area contributed by atoms with E-state index < -0.39 is 10.1 Å². The molecule has 0 N–H and O–H groups in total. The Morgan fingerprint density at radius 1 is 1.08 bits per heavy atom. The zero-order valence-electron chi connectivity index (χ0n) is 12.1. The number of benzene rings is 2. The molecule has 24 heavy (non-hydrogen) atoms. The summed E-state index contributed by atoms with van der Waals surface area (Å²) in [4.78, 5) is 0. The first-order chi connectivity index (χ1) is 11.5. The van der Waals surface area contributed by atoms with Crippen molar-refractivity contribution in [1.29, 1.82) is 0 Å². The molecule has 2 aromatic carbocycles. The van der Waals surface area contributed by atoms with Crippen LogP contribution < -0.4 is 4.18 Å². The van der Waals surface area contributed by atoms with Crippen LogP contribution in [0.1, 0.15) is 5.56 Å². The molecule has 0 saturated carbocycles. The van der Waals surface area contributed by atoms with Crippen LogP contribution in [0.2, 0.25) is 0 Å². The van der Waals surface area contributed by atoms with Gasteiger partial charge in [0.2, 0.25) is 0 Å². The molecule has 0 bridgehead atoms. The Hall–Kier alpha value is -3.00. The molecular formula is C16H10FN3O3S. The quantitative estimate of drug-likeness (QED) is 0.669. The minimum Gasteiger partial charge on any atom is -0.379 e. The first-order valence-electron chi connectivity index (χ1n) is 6.95. The van der Waals surface area contributed by atoms with E-state index in [9.17, 15) is 12.8 Å². The van der Waals surface area contributed by atoms with Gasteiger partial charge in [0, 0.05) is 11.1 Å². The van der Waals surface area contributed by atoms with E-state index in [4.69, 9.17) is 4.18 Å². The molecule has 8 heteroatoms. The molecule has 0 aliphatic carbocycles. The van der Waals surface area contributed by atoms with Crippen LogP contribution in [0, 0.1) is 5.82 Å². The molecule has 3 aromatic rings. The average Bonchev–Trinajstić information content (AvgIpc) is 3.04. The van der Waals surface area contributed by atoms with E-state index in [2.05, 4.69) is 10.3 Å². The number of fused-ring (bicyclic) bond motifs is 1. The first kappa shape index (κ1) is 14.6. The highest BCUT2D eigenvalue weighted by Gasteiger charge is 2.17. The van der Waals surface area contributed by atoms with Gasteiger partial charge in [-0.1, -0.05) is 5.21 Å². The fraction of sp³-hybridized carbons (Fsp3) is 0. The molecule has 1 aromatic heterocycles. The molecule has 0 unspecified atom stereocenters. The van der Waals surface area contributed by atoms with Crippen LogP contribution in [0.15, 0.2) is 54.1 Å². The van der Waals surface area contributed by atoms with Crippen molar-refractivity contribution >= 4 is 16.2 Å². The van der Waals surface area contributed by atoms with Crippen LogP contribution in [0.25, 0.3) is 23.0 Å². The van der Waals surface area contributed by atoms with Crippen molar-refractivity contribution in [3.63, 3.8) is 0 Å². The first-order valence-corrected chi connectivity index (χ1v) is 8.43. The summed E-state index contributed by atoms with van der Waals surface area (Å²) in [6, 6.07) is 10.9. The molecule has 0 atom stereocenters. The second-order valence-electron chi connectivity index (χ2n) is 5.16. The lowest BCUT2D eigenvalue weighted by molar-refractivity contribution is 0.494. The second kappa shape index (κ2) is 5.27. The van der Waals surface area contributed by atoms with Crippen molar-refractivity contribution in [2.45, 2.75) is 0 Å². The second-order valence-corrected chi connectivity index (χ2v) is 6.58. The van der Waals surface area contributed by atoms with Crippen molar-refractivity contribution < 1.29 is 17.0 Å². The lowest BCUT2D eigenvalue weighted by atomic mass is 10.1. The summed E-state index contributed by atoms with van der Waals surface area (Å²) in [5.74, 6) is -0.0531. The maximum atomic E-state index is 13.0. The number of rotatable bonds is 2. The van der Waals surface area contributed by atoms with Gasteiger partial charge in [0.25, 0.3) is 0 Å². The molecule has 0 spiro atoms. The predicted molar refractivity (Wildman–Crippen MR) is 85.3 cm³/mol. The zero-order valence-corrected chi connectivity index (χ0v) is 12.9. The van der Waals surface area contributed by atoms with Crippen LogP contribution in [-0.4, -0.2) is 23.4 Å². The lowest BCUT2D eigenvalue weighted by Gasteiger charge is -2.12. The zero-order chi connectivity index (χ0) is 16.7. The van der Waals surface area contributed by atoms with Crippen molar-refractivity contribution in [1.82, 2.24) is 15.0 Å². The van der Waals surface area contributed by atoms with E-state index in [0.29, 0.717) is 16.9 Å². The van der Waals surface area contributed by atoms with Crippen LogP contribution >= 0.6 is 0 Å². The highest BCUT2D eigenvalue weighted by molar-refractivity contribution is 7.90. The van der Waals surface area contributed by atoms with E-state index in [1.54, 1.807) is 41.2 Å². The van der Waals surface area contributed by atoms with Crippen LogP contribution in [-0.2, 0) is 10.1 Å². The van der Waals surface area contributed by atoms with Gasteiger partial charge in [-0.25, -0.2) is 9.07 Å². The van der Waals surface area contributed by atoms with E-state index in [1.807, 2.05) is 0 Å². The average molecular weight is 343 g/mol. The summed E-state index contributed by atoms with van der Waals surface area (Å²) in [6.07, 6.45) is 3.18. The largest absolute Gasteiger partial charge is 0.379 e. The molecule has 120 valence electrons. The number of nitrogens with zero attached hydrogens (tertiary/aromatic N) is 3. The Labute approximate surface area is 136 Å². The van der Waals surface area contributed by atoms with Gasteiger partial charge in [0.05, 0.1) is 17.3 Å². The SMILES string of the molecule is O=S1(=O)C=Cc2cc(-n3cc(-c4ccc(F)cc4)nn3)ccc2O1. The Morgan fingerprint density at radius 2 is 1.88 bits per heavy atom. The molecule has 1 aliphatic heterocycles. The molecule has 2 heterocycles. The third-order valence-electron chi connectivity index (χ3n) is 3.51. The fourth-order valence-corrected chi connectivity index (χ4v) is 3.11. The maximum absolute atomic E-state index is 13.0. The summed E-state index contributed by atoms with van der Waals surface area (Å²) < 4.78 is 42.2. The Balaban J connectivity index is 1.69. The molecule has 4 rings (SSSR count). The number of hydrogen-bond donors (Lipinski definition) is 0. The molecule has 0 fully saturated rings. The minimum atomic E-state index is -3.66. The Kier molecular flexibility index (Phi) is 3.20. The van der Waals surface area contributed by atoms with Gasteiger partial charge in [0.1, 0.15) is 17.3 Å². The molecule has 0 amide bonds. The van der Waals surface area contributed by atoms with Gasteiger partial charge in [-0.2, -0.15) is 8.42 Å². The number of halogens is 1. The van der Waals surface area contributed by atoms with Gasteiger partial charge in [0.15, 0.2) is 0 Å². The number of aromatic nitrogens is 3. The summed E-state index contributed by atoms with van der Waals surface area (Å²) in [7, 11) is -3.66. The monoisotopic (exact) mass is 343 g/mol.